The maximum absolute atomic E-state index is 12.1. The van der Waals surface area contributed by atoms with Crippen molar-refractivity contribution in [2.24, 2.45) is 0 Å². The monoisotopic (exact) mass is 277 g/mol. The molecule has 0 fully saturated rings. The Balaban J connectivity index is 3.05. The average Bonchev–Trinajstić information content (AvgIpc) is 2.61. The zero-order chi connectivity index (χ0) is 13.9. The van der Waals surface area contributed by atoms with Crippen LogP contribution >= 0.6 is 0 Å². The molecule has 2 N–H and O–H groups in total. The van der Waals surface area contributed by atoms with Crippen LogP contribution in [0.2, 0.25) is 0 Å². The van der Waals surface area contributed by atoms with E-state index in [-0.39, 0.29) is 29.9 Å². The van der Waals surface area contributed by atoms with Crippen molar-refractivity contribution in [3.63, 3.8) is 0 Å². The fourth-order valence-electron chi connectivity index (χ4n) is 1.63. The van der Waals surface area contributed by atoms with Crippen LogP contribution in [0.3, 0.4) is 0 Å². The topological polar surface area (TPSA) is 88.8 Å². The molecule has 1 aromatic rings. The van der Waals surface area contributed by atoms with E-state index in [9.17, 15) is 13.5 Å². The summed E-state index contributed by atoms with van der Waals surface area (Å²) in [6.45, 7) is 4.71. The molecule has 104 valence electrons. The molecule has 18 heavy (non-hydrogen) atoms. The number of nitrogens with one attached hydrogen (secondary N) is 1. The lowest BCUT2D eigenvalue weighted by atomic mass is 10.2. The molecule has 0 aliphatic rings. The molecule has 0 aliphatic heterocycles. The van der Waals surface area contributed by atoms with Gasteiger partial charge in [0.15, 0.2) is 0 Å². The number of methoxy groups -OCH3 is 1. The number of rotatable bonds is 6. The third-order valence-electron chi connectivity index (χ3n) is 2.72. The first kappa shape index (κ1) is 15.2. The van der Waals surface area contributed by atoms with Crippen molar-refractivity contribution in [3.05, 3.63) is 17.1 Å². The summed E-state index contributed by atoms with van der Waals surface area (Å²) in [4.78, 5) is 0.0193. The Morgan fingerprint density at radius 3 is 2.50 bits per heavy atom. The average molecular weight is 277 g/mol. The third-order valence-corrected chi connectivity index (χ3v) is 4.33. The number of hydrogen-bond donors (Lipinski definition) is 2. The molecule has 7 heteroatoms. The summed E-state index contributed by atoms with van der Waals surface area (Å²) in [7, 11) is -2.20. The van der Waals surface area contributed by atoms with Gasteiger partial charge in [-0.2, -0.15) is 0 Å². The number of aliphatic hydroxyl groups is 1. The normalized spacial score (nSPS) is 13.8. The third kappa shape index (κ3) is 3.11. The SMILES string of the molecule is COC(C)CNS(=O)(=O)c1c(C)oc(C)c1CO. The van der Waals surface area contributed by atoms with Gasteiger partial charge in [-0.15, -0.1) is 0 Å². The van der Waals surface area contributed by atoms with Gasteiger partial charge >= 0.3 is 0 Å². The van der Waals surface area contributed by atoms with Crippen molar-refractivity contribution < 1.29 is 22.7 Å². The maximum atomic E-state index is 12.1. The largest absolute Gasteiger partial charge is 0.465 e. The first-order chi connectivity index (χ1) is 8.33. The first-order valence-corrected chi connectivity index (χ1v) is 7.04. The standard InChI is InChI=1S/C11H19NO5S/c1-7(16-4)5-12-18(14,15)11-9(3)17-8(2)10(11)6-13/h7,12-13H,5-6H2,1-4H3. The second-order valence-electron chi connectivity index (χ2n) is 4.08. The van der Waals surface area contributed by atoms with Gasteiger partial charge in [0.05, 0.1) is 12.7 Å². The van der Waals surface area contributed by atoms with Crippen LogP contribution in [-0.2, 0) is 21.4 Å². The highest BCUT2D eigenvalue weighted by Crippen LogP contribution is 2.26. The molecule has 1 atom stereocenters. The second kappa shape index (κ2) is 5.83. The lowest BCUT2D eigenvalue weighted by molar-refractivity contribution is 0.122. The zero-order valence-corrected chi connectivity index (χ0v) is 11.8. The van der Waals surface area contributed by atoms with Gasteiger partial charge in [-0.05, 0) is 20.8 Å². The Hall–Kier alpha value is -0.890. The van der Waals surface area contributed by atoms with Crippen molar-refractivity contribution >= 4 is 10.0 Å². The minimum atomic E-state index is -3.70. The van der Waals surface area contributed by atoms with E-state index < -0.39 is 10.0 Å². The molecule has 0 aromatic carbocycles. The molecule has 0 saturated carbocycles. The lowest BCUT2D eigenvalue weighted by Gasteiger charge is -2.11. The van der Waals surface area contributed by atoms with Crippen LogP contribution in [-0.4, -0.2) is 33.3 Å². The highest BCUT2D eigenvalue weighted by atomic mass is 32.2. The zero-order valence-electron chi connectivity index (χ0n) is 11.0. The van der Waals surface area contributed by atoms with E-state index in [1.54, 1.807) is 20.8 Å². The van der Waals surface area contributed by atoms with Gasteiger partial charge in [-0.3, -0.25) is 0 Å². The number of ether oxygens (including phenoxy) is 1. The number of aryl methyl sites for hydroxylation is 2. The number of furan rings is 1. The van der Waals surface area contributed by atoms with E-state index in [0.29, 0.717) is 11.3 Å². The summed E-state index contributed by atoms with van der Waals surface area (Å²) in [6.07, 6.45) is -0.231. The van der Waals surface area contributed by atoms with Crippen LogP contribution in [0.15, 0.2) is 9.31 Å². The molecule has 0 bridgehead atoms. The van der Waals surface area contributed by atoms with Crippen molar-refractivity contribution in [3.8, 4) is 0 Å². The predicted molar refractivity (Wildman–Crippen MR) is 65.8 cm³/mol. The predicted octanol–water partition coefficient (Wildman–Crippen LogP) is 0.702. The van der Waals surface area contributed by atoms with Gasteiger partial charge in [0.25, 0.3) is 0 Å². The van der Waals surface area contributed by atoms with Gasteiger partial charge in [0.1, 0.15) is 16.4 Å². The van der Waals surface area contributed by atoms with E-state index in [1.165, 1.54) is 7.11 Å². The van der Waals surface area contributed by atoms with Crippen LogP contribution in [0.5, 0.6) is 0 Å². The summed E-state index contributed by atoms with van der Waals surface area (Å²) < 4.78 is 36.9. The number of aliphatic hydroxyl groups excluding tert-OH is 1. The minimum absolute atomic E-state index is 0.0193. The van der Waals surface area contributed by atoms with E-state index >= 15 is 0 Å². The molecular formula is C11H19NO5S. The quantitative estimate of drug-likeness (QED) is 0.799. The van der Waals surface area contributed by atoms with E-state index in [0.717, 1.165) is 0 Å². The van der Waals surface area contributed by atoms with Crippen molar-refractivity contribution in [1.82, 2.24) is 4.72 Å². The Morgan fingerprint density at radius 1 is 1.39 bits per heavy atom. The molecule has 0 saturated heterocycles. The van der Waals surface area contributed by atoms with E-state index in [1.807, 2.05) is 0 Å². The summed E-state index contributed by atoms with van der Waals surface area (Å²) in [5.41, 5.74) is 0.296. The van der Waals surface area contributed by atoms with Crippen LogP contribution < -0.4 is 4.72 Å². The maximum Gasteiger partial charge on any atom is 0.244 e. The van der Waals surface area contributed by atoms with Crippen molar-refractivity contribution in [2.45, 2.75) is 38.4 Å². The van der Waals surface area contributed by atoms with Crippen molar-refractivity contribution in [1.29, 1.82) is 0 Å². The smallest absolute Gasteiger partial charge is 0.244 e. The molecule has 1 rings (SSSR count). The molecule has 6 nitrogen and oxygen atoms in total. The molecular weight excluding hydrogens is 258 g/mol. The van der Waals surface area contributed by atoms with Gasteiger partial charge in [0, 0.05) is 19.2 Å². The molecule has 1 heterocycles. The fourth-order valence-corrected chi connectivity index (χ4v) is 3.18. The Kier molecular flexibility index (Phi) is 4.92. The highest BCUT2D eigenvalue weighted by Gasteiger charge is 2.26. The molecule has 0 spiro atoms. The molecule has 0 amide bonds. The van der Waals surface area contributed by atoms with Gasteiger partial charge in [-0.25, -0.2) is 13.1 Å². The summed E-state index contributed by atoms with van der Waals surface area (Å²) in [5.74, 6) is 0.685. The summed E-state index contributed by atoms with van der Waals surface area (Å²) in [6, 6.07) is 0. The first-order valence-electron chi connectivity index (χ1n) is 5.55. The van der Waals surface area contributed by atoms with Gasteiger partial charge in [-0.1, -0.05) is 0 Å². The van der Waals surface area contributed by atoms with Crippen molar-refractivity contribution in [2.75, 3.05) is 13.7 Å². The molecule has 0 radical (unpaired) electrons. The molecule has 1 unspecified atom stereocenters. The van der Waals surface area contributed by atoms with Crippen LogP contribution in [0.4, 0.5) is 0 Å². The van der Waals surface area contributed by atoms with E-state index in [2.05, 4.69) is 4.72 Å². The highest BCUT2D eigenvalue weighted by molar-refractivity contribution is 7.89. The van der Waals surface area contributed by atoms with Gasteiger partial charge in [0.2, 0.25) is 10.0 Å². The minimum Gasteiger partial charge on any atom is -0.465 e. The van der Waals surface area contributed by atoms with E-state index in [4.69, 9.17) is 9.15 Å². The summed E-state index contributed by atoms with van der Waals surface area (Å²) in [5, 5.41) is 9.22. The molecule has 0 aliphatic carbocycles. The Labute approximate surface area is 107 Å². The van der Waals surface area contributed by atoms with Crippen LogP contribution in [0, 0.1) is 13.8 Å². The summed E-state index contributed by atoms with van der Waals surface area (Å²) >= 11 is 0. The fraction of sp³-hybridized carbons (Fsp3) is 0.636. The Morgan fingerprint density at radius 2 is 2.00 bits per heavy atom. The second-order valence-corrected chi connectivity index (χ2v) is 5.78. The van der Waals surface area contributed by atoms with Gasteiger partial charge < -0.3 is 14.3 Å². The number of sulfonamides is 1. The number of hydrogen-bond acceptors (Lipinski definition) is 5. The van der Waals surface area contributed by atoms with Crippen LogP contribution in [0.1, 0.15) is 24.0 Å². The Bertz CT molecular complexity index is 506. The van der Waals surface area contributed by atoms with Crippen LogP contribution in [0.25, 0.3) is 0 Å². The molecule has 1 aromatic heterocycles. The lowest BCUT2D eigenvalue weighted by Crippen LogP contribution is -2.32.